The van der Waals surface area contributed by atoms with Crippen LogP contribution in [0.3, 0.4) is 0 Å². The lowest BCUT2D eigenvalue weighted by Gasteiger charge is -2.19. The summed E-state index contributed by atoms with van der Waals surface area (Å²) < 4.78 is 0. The minimum Gasteiger partial charge on any atom is -0.481 e. The molecule has 2 atom stereocenters. The maximum absolute atomic E-state index is 10.6. The van der Waals surface area contributed by atoms with Gasteiger partial charge in [-0.1, -0.05) is 33.6 Å². The Bertz CT molecular complexity index is 194. The monoisotopic (exact) mass is 216 g/mol. The highest BCUT2D eigenvalue weighted by molar-refractivity contribution is 5.70. The Kier molecular flexibility index (Phi) is 5.88. The summed E-state index contributed by atoms with van der Waals surface area (Å²) in [5, 5.41) is 18.2. The fraction of sp³-hybridized carbons (Fsp3) is 0.917. The van der Waals surface area contributed by atoms with Crippen LogP contribution in [-0.4, -0.2) is 22.3 Å². The van der Waals surface area contributed by atoms with Crippen LogP contribution in [0.4, 0.5) is 0 Å². The van der Waals surface area contributed by atoms with E-state index in [1.165, 1.54) is 0 Å². The van der Waals surface area contributed by atoms with Crippen LogP contribution < -0.4 is 0 Å². The van der Waals surface area contributed by atoms with E-state index in [4.69, 9.17) is 5.11 Å². The number of hydrogen-bond acceptors (Lipinski definition) is 2. The van der Waals surface area contributed by atoms with Gasteiger partial charge in [-0.05, 0) is 25.2 Å². The van der Waals surface area contributed by atoms with Crippen molar-refractivity contribution in [1.29, 1.82) is 0 Å². The van der Waals surface area contributed by atoms with Gasteiger partial charge in [0, 0.05) is 0 Å². The van der Waals surface area contributed by atoms with Crippen LogP contribution in [0.15, 0.2) is 0 Å². The maximum atomic E-state index is 10.6. The Morgan fingerprint density at radius 2 is 1.80 bits per heavy atom. The van der Waals surface area contributed by atoms with E-state index in [2.05, 4.69) is 20.8 Å². The van der Waals surface area contributed by atoms with Crippen molar-refractivity contribution in [2.75, 3.05) is 0 Å². The minimum atomic E-state index is -0.918. The van der Waals surface area contributed by atoms with Gasteiger partial charge >= 0.3 is 5.97 Å². The molecule has 0 unspecified atom stereocenters. The molecule has 0 spiro atoms. The van der Waals surface area contributed by atoms with Crippen molar-refractivity contribution in [2.45, 2.75) is 59.5 Å². The molecule has 0 fully saturated rings. The van der Waals surface area contributed by atoms with Crippen LogP contribution in [-0.2, 0) is 4.79 Å². The average Bonchev–Trinajstić information content (AvgIpc) is 2.09. The Balaban J connectivity index is 3.64. The molecule has 0 aliphatic carbocycles. The average molecular weight is 216 g/mol. The first-order valence-electron chi connectivity index (χ1n) is 5.65. The molecule has 0 aromatic carbocycles. The van der Waals surface area contributed by atoms with Crippen molar-refractivity contribution >= 4 is 5.97 Å². The van der Waals surface area contributed by atoms with Gasteiger partial charge in [0.2, 0.25) is 0 Å². The second kappa shape index (κ2) is 6.11. The van der Waals surface area contributed by atoms with Gasteiger partial charge in [-0.3, -0.25) is 4.79 Å². The number of hydrogen-bond donors (Lipinski definition) is 2. The molecular weight excluding hydrogens is 192 g/mol. The summed E-state index contributed by atoms with van der Waals surface area (Å²) in [6, 6.07) is 0. The summed E-state index contributed by atoms with van der Waals surface area (Å²) in [4.78, 5) is 10.6. The third-order valence-electron chi connectivity index (χ3n) is 2.64. The normalized spacial score (nSPS) is 16.1. The molecule has 90 valence electrons. The van der Waals surface area contributed by atoms with Gasteiger partial charge in [0.05, 0.1) is 12.0 Å². The number of aliphatic hydroxyl groups excluding tert-OH is 1. The van der Waals surface area contributed by atoms with E-state index in [0.717, 1.165) is 19.3 Å². The number of carboxylic acid groups (broad SMARTS) is 1. The van der Waals surface area contributed by atoms with Crippen LogP contribution in [0.5, 0.6) is 0 Å². The topological polar surface area (TPSA) is 57.5 Å². The molecule has 0 bridgehead atoms. The predicted molar refractivity (Wildman–Crippen MR) is 60.7 cm³/mol. The molecule has 0 aromatic rings. The molecule has 0 aromatic heterocycles. The quantitative estimate of drug-likeness (QED) is 0.671. The fourth-order valence-corrected chi connectivity index (χ4v) is 1.42. The molecule has 3 heteroatoms. The molecule has 0 rings (SSSR count). The van der Waals surface area contributed by atoms with E-state index < -0.39 is 18.0 Å². The Morgan fingerprint density at radius 3 is 2.20 bits per heavy atom. The smallest absolute Gasteiger partial charge is 0.308 e. The van der Waals surface area contributed by atoms with Gasteiger partial charge in [0.1, 0.15) is 0 Å². The van der Waals surface area contributed by atoms with Gasteiger partial charge in [-0.2, -0.15) is 0 Å². The molecule has 0 amide bonds. The third kappa shape index (κ3) is 7.37. The highest BCUT2D eigenvalue weighted by Crippen LogP contribution is 2.23. The SMILES string of the molecule is C[C@@H](C(=O)O)[C@H](O)CCCCC(C)(C)C. The van der Waals surface area contributed by atoms with Gasteiger partial charge in [0.15, 0.2) is 0 Å². The number of aliphatic carboxylic acids is 1. The lowest BCUT2D eigenvalue weighted by Crippen LogP contribution is -2.25. The van der Waals surface area contributed by atoms with Gasteiger partial charge < -0.3 is 10.2 Å². The second-order valence-corrected chi connectivity index (χ2v) is 5.50. The largest absolute Gasteiger partial charge is 0.481 e. The first-order valence-corrected chi connectivity index (χ1v) is 5.65. The molecule has 15 heavy (non-hydrogen) atoms. The van der Waals surface area contributed by atoms with E-state index in [-0.39, 0.29) is 0 Å². The molecule has 0 heterocycles. The zero-order valence-electron chi connectivity index (χ0n) is 10.3. The fourth-order valence-electron chi connectivity index (χ4n) is 1.42. The number of carbonyl (C=O) groups is 1. The van der Waals surface area contributed by atoms with E-state index in [1.807, 2.05) is 0 Å². The third-order valence-corrected chi connectivity index (χ3v) is 2.64. The number of carboxylic acids is 1. The van der Waals surface area contributed by atoms with Gasteiger partial charge in [0.25, 0.3) is 0 Å². The Hall–Kier alpha value is -0.570. The first kappa shape index (κ1) is 14.4. The summed E-state index contributed by atoms with van der Waals surface area (Å²) in [5.74, 6) is -1.57. The minimum absolute atomic E-state index is 0.323. The van der Waals surface area contributed by atoms with Crippen molar-refractivity contribution < 1.29 is 15.0 Å². The van der Waals surface area contributed by atoms with Crippen LogP contribution in [0.2, 0.25) is 0 Å². The number of rotatable bonds is 6. The van der Waals surface area contributed by atoms with Crippen LogP contribution in [0.1, 0.15) is 53.4 Å². The van der Waals surface area contributed by atoms with Crippen molar-refractivity contribution in [3.05, 3.63) is 0 Å². The molecule has 0 aliphatic heterocycles. The summed E-state index contributed by atoms with van der Waals surface area (Å²) in [6.45, 7) is 8.10. The van der Waals surface area contributed by atoms with E-state index in [1.54, 1.807) is 6.92 Å². The summed E-state index contributed by atoms with van der Waals surface area (Å²) >= 11 is 0. The highest BCUT2D eigenvalue weighted by Gasteiger charge is 2.20. The zero-order valence-corrected chi connectivity index (χ0v) is 10.3. The highest BCUT2D eigenvalue weighted by atomic mass is 16.4. The van der Waals surface area contributed by atoms with Gasteiger partial charge in [-0.25, -0.2) is 0 Å². The summed E-state index contributed by atoms with van der Waals surface area (Å²) in [6.07, 6.45) is 2.94. The van der Waals surface area contributed by atoms with Crippen LogP contribution in [0.25, 0.3) is 0 Å². The zero-order chi connectivity index (χ0) is 12.1. The lowest BCUT2D eigenvalue weighted by molar-refractivity contribution is -0.144. The number of aliphatic hydroxyl groups is 1. The van der Waals surface area contributed by atoms with Gasteiger partial charge in [-0.15, -0.1) is 0 Å². The van der Waals surface area contributed by atoms with Crippen molar-refractivity contribution in [3.8, 4) is 0 Å². The number of unbranched alkanes of at least 4 members (excludes halogenated alkanes) is 1. The molecule has 0 radical (unpaired) electrons. The summed E-state index contributed by atoms with van der Waals surface area (Å²) in [7, 11) is 0. The summed E-state index contributed by atoms with van der Waals surface area (Å²) in [5.41, 5.74) is 0.323. The van der Waals surface area contributed by atoms with E-state index >= 15 is 0 Å². The molecule has 0 saturated heterocycles. The first-order chi connectivity index (χ1) is 6.74. The maximum Gasteiger partial charge on any atom is 0.308 e. The van der Waals surface area contributed by atoms with Crippen LogP contribution in [0, 0.1) is 11.3 Å². The molecular formula is C12H24O3. The van der Waals surface area contributed by atoms with E-state index in [0.29, 0.717) is 11.8 Å². The molecule has 0 saturated carbocycles. The molecule has 3 nitrogen and oxygen atoms in total. The van der Waals surface area contributed by atoms with Crippen LogP contribution >= 0.6 is 0 Å². The van der Waals surface area contributed by atoms with E-state index in [9.17, 15) is 9.90 Å². The van der Waals surface area contributed by atoms with Crippen molar-refractivity contribution in [1.82, 2.24) is 0 Å². The molecule has 2 N–H and O–H groups in total. The van der Waals surface area contributed by atoms with Crippen molar-refractivity contribution in [3.63, 3.8) is 0 Å². The second-order valence-electron chi connectivity index (χ2n) is 5.50. The lowest BCUT2D eigenvalue weighted by atomic mass is 9.88. The van der Waals surface area contributed by atoms with Crippen molar-refractivity contribution in [2.24, 2.45) is 11.3 Å². The molecule has 0 aliphatic rings. The Labute approximate surface area is 92.5 Å². The standard InChI is InChI=1S/C12H24O3/c1-9(11(14)15)10(13)7-5-6-8-12(2,3)4/h9-10,13H,5-8H2,1-4H3,(H,14,15)/t9-,10-/m1/s1. The predicted octanol–water partition coefficient (Wildman–Crippen LogP) is 2.67. The Morgan fingerprint density at radius 1 is 1.27 bits per heavy atom.